The number of nitrogens with zero attached hydrogens (tertiary/aromatic N) is 1. The molecule has 3 nitrogen and oxygen atoms in total. The summed E-state index contributed by atoms with van der Waals surface area (Å²) in [5.41, 5.74) is -0.735. The third kappa shape index (κ3) is 3.70. The lowest BCUT2D eigenvalue weighted by Gasteiger charge is -2.32. The van der Waals surface area contributed by atoms with Crippen LogP contribution in [-0.4, -0.2) is 30.4 Å². The van der Waals surface area contributed by atoms with Crippen molar-refractivity contribution in [1.82, 2.24) is 4.90 Å². The smallest absolute Gasteiger partial charge is 0.256 e. The number of amides is 1. The molecule has 0 radical (unpaired) electrons. The van der Waals surface area contributed by atoms with Crippen LogP contribution in [0.25, 0.3) is 5.70 Å². The van der Waals surface area contributed by atoms with E-state index in [9.17, 15) is 22.4 Å². The van der Waals surface area contributed by atoms with Crippen molar-refractivity contribution in [3.63, 3.8) is 0 Å². The molecule has 1 unspecified atom stereocenters. The fourth-order valence-electron chi connectivity index (χ4n) is 2.45. The van der Waals surface area contributed by atoms with Crippen LogP contribution in [0.5, 0.6) is 5.75 Å². The van der Waals surface area contributed by atoms with E-state index < -0.39 is 42.0 Å². The summed E-state index contributed by atoms with van der Waals surface area (Å²) in [4.78, 5) is 12.9. The first kappa shape index (κ1) is 17.9. The fourth-order valence-corrected chi connectivity index (χ4v) is 2.45. The number of carbonyl (C=O) groups is 1. The Kier molecular flexibility index (Phi) is 5.50. The van der Waals surface area contributed by atoms with Crippen LogP contribution in [0, 0.1) is 29.9 Å². The van der Waals surface area contributed by atoms with E-state index in [1.807, 2.05) is 0 Å². The van der Waals surface area contributed by atoms with Gasteiger partial charge in [-0.3, -0.25) is 4.79 Å². The molecular weight excluding hydrogens is 326 g/mol. The normalized spacial score (nSPS) is 17.7. The lowest BCUT2D eigenvalue weighted by molar-refractivity contribution is -0.133. The second-order valence-electron chi connectivity index (χ2n) is 5.32. The minimum Gasteiger partial charge on any atom is -0.481 e. The lowest BCUT2D eigenvalue weighted by atomic mass is 9.96. The molecule has 7 heteroatoms. The molecule has 0 N–H and O–H groups in total. The standard InChI is InChI=1S/C17H15F4NO2/c1-3-6-24-11-7-12(18)16(13(19)8-11)14-5-4-10(2)17(23)22(14)9-15(20)21/h1,5,7-8,10,15H,4,6,9H2,2H3. The van der Waals surface area contributed by atoms with Gasteiger partial charge in [0, 0.05) is 18.1 Å². The van der Waals surface area contributed by atoms with Crippen molar-refractivity contribution in [2.45, 2.75) is 19.8 Å². The van der Waals surface area contributed by atoms with Crippen LogP contribution in [-0.2, 0) is 4.79 Å². The number of carbonyl (C=O) groups excluding carboxylic acids is 1. The number of benzene rings is 1. The number of terminal acetylenes is 1. The van der Waals surface area contributed by atoms with Gasteiger partial charge in [0.1, 0.15) is 24.0 Å². The molecular formula is C17H15F4NO2. The minimum atomic E-state index is -2.83. The number of allylic oxidation sites excluding steroid dienone is 1. The van der Waals surface area contributed by atoms with Gasteiger partial charge < -0.3 is 9.64 Å². The van der Waals surface area contributed by atoms with Gasteiger partial charge in [-0.2, -0.15) is 0 Å². The molecule has 1 aliphatic heterocycles. The Bertz CT molecular complexity index is 686. The molecule has 0 spiro atoms. The maximum atomic E-state index is 14.3. The van der Waals surface area contributed by atoms with Gasteiger partial charge in [0.25, 0.3) is 6.43 Å². The molecule has 1 aliphatic rings. The highest BCUT2D eigenvalue weighted by Crippen LogP contribution is 2.33. The van der Waals surface area contributed by atoms with E-state index >= 15 is 0 Å². The van der Waals surface area contributed by atoms with Crippen molar-refractivity contribution >= 4 is 11.6 Å². The summed E-state index contributed by atoms with van der Waals surface area (Å²) in [7, 11) is 0. The Morgan fingerprint density at radius 3 is 2.54 bits per heavy atom. The zero-order valence-corrected chi connectivity index (χ0v) is 12.9. The van der Waals surface area contributed by atoms with Gasteiger partial charge in [-0.05, 0) is 6.42 Å². The van der Waals surface area contributed by atoms with Gasteiger partial charge in [0.05, 0.1) is 17.8 Å². The van der Waals surface area contributed by atoms with Gasteiger partial charge in [-0.25, -0.2) is 17.6 Å². The Hall–Kier alpha value is -2.49. The first-order valence-electron chi connectivity index (χ1n) is 7.20. The van der Waals surface area contributed by atoms with Crippen LogP contribution in [0.15, 0.2) is 18.2 Å². The van der Waals surface area contributed by atoms with Crippen molar-refractivity contribution < 1.29 is 27.1 Å². The largest absolute Gasteiger partial charge is 0.481 e. The third-order valence-electron chi connectivity index (χ3n) is 3.56. The third-order valence-corrected chi connectivity index (χ3v) is 3.56. The second kappa shape index (κ2) is 7.39. The molecule has 0 bridgehead atoms. The van der Waals surface area contributed by atoms with E-state index in [0.29, 0.717) is 0 Å². The van der Waals surface area contributed by atoms with Gasteiger partial charge in [0.2, 0.25) is 5.91 Å². The number of alkyl halides is 2. The topological polar surface area (TPSA) is 29.5 Å². The first-order valence-corrected chi connectivity index (χ1v) is 7.20. The summed E-state index contributed by atoms with van der Waals surface area (Å²) in [6, 6.07) is 1.80. The number of rotatable bonds is 5. The molecule has 0 fully saturated rings. The molecule has 1 heterocycles. The summed E-state index contributed by atoms with van der Waals surface area (Å²) in [6.45, 7) is 0.467. The summed E-state index contributed by atoms with van der Waals surface area (Å²) >= 11 is 0. The molecule has 1 amide bonds. The molecule has 24 heavy (non-hydrogen) atoms. The molecule has 0 saturated carbocycles. The molecule has 0 aromatic heterocycles. The van der Waals surface area contributed by atoms with E-state index in [1.165, 1.54) is 6.08 Å². The predicted octanol–water partition coefficient (Wildman–Crippen LogP) is 3.45. The Labute approximate surface area is 136 Å². The average Bonchev–Trinajstić information content (AvgIpc) is 2.51. The van der Waals surface area contributed by atoms with Crippen LogP contribution in [0.3, 0.4) is 0 Å². The van der Waals surface area contributed by atoms with Crippen LogP contribution in [0.2, 0.25) is 0 Å². The molecule has 1 aromatic rings. The van der Waals surface area contributed by atoms with Gasteiger partial charge >= 0.3 is 0 Å². The minimum absolute atomic E-state index is 0.122. The zero-order valence-electron chi connectivity index (χ0n) is 12.9. The van der Waals surface area contributed by atoms with Crippen molar-refractivity contribution in [3.8, 4) is 18.1 Å². The van der Waals surface area contributed by atoms with Crippen molar-refractivity contribution in [3.05, 3.63) is 35.4 Å². The lowest BCUT2D eigenvalue weighted by Crippen LogP contribution is -2.40. The van der Waals surface area contributed by atoms with E-state index in [2.05, 4.69) is 5.92 Å². The van der Waals surface area contributed by atoms with Crippen LogP contribution in [0.1, 0.15) is 18.9 Å². The van der Waals surface area contributed by atoms with Gasteiger partial charge in [-0.1, -0.05) is 18.9 Å². The molecule has 128 valence electrons. The number of halogens is 4. The summed E-state index contributed by atoms with van der Waals surface area (Å²) in [6.07, 6.45) is 3.78. The monoisotopic (exact) mass is 341 g/mol. The van der Waals surface area contributed by atoms with Gasteiger partial charge in [0.15, 0.2) is 0 Å². The number of hydrogen-bond donors (Lipinski definition) is 0. The van der Waals surface area contributed by atoms with E-state index in [1.54, 1.807) is 6.92 Å². The zero-order chi connectivity index (χ0) is 17.9. The first-order chi connectivity index (χ1) is 11.3. The maximum Gasteiger partial charge on any atom is 0.256 e. The Balaban J connectivity index is 2.45. The molecule has 2 rings (SSSR count). The van der Waals surface area contributed by atoms with E-state index in [-0.39, 0.29) is 24.5 Å². The van der Waals surface area contributed by atoms with Crippen molar-refractivity contribution in [1.29, 1.82) is 0 Å². The van der Waals surface area contributed by atoms with Crippen LogP contribution < -0.4 is 4.74 Å². The SMILES string of the molecule is C#CCOc1cc(F)c(C2=CCC(C)C(=O)N2CC(F)F)c(F)c1. The summed E-state index contributed by atoms with van der Waals surface area (Å²) < 4.78 is 59.1. The summed E-state index contributed by atoms with van der Waals surface area (Å²) in [5, 5.41) is 0. The summed E-state index contributed by atoms with van der Waals surface area (Å²) in [5.74, 6) is -1.13. The maximum absolute atomic E-state index is 14.3. The predicted molar refractivity (Wildman–Crippen MR) is 80.2 cm³/mol. The quantitative estimate of drug-likeness (QED) is 0.606. The average molecular weight is 341 g/mol. The second-order valence-corrected chi connectivity index (χ2v) is 5.32. The molecule has 1 atom stereocenters. The highest BCUT2D eigenvalue weighted by Gasteiger charge is 2.32. The van der Waals surface area contributed by atoms with Crippen molar-refractivity contribution in [2.24, 2.45) is 5.92 Å². The molecule has 0 saturated heterocycles. The van der Waals surface area contributed by atoms with Crippen LogP contribution >= 0.6 is 0 Å². The van der Waals surface area contributed by atoms with E-state index in [4.69, 9.17) is 11.2 Å². The number of ether oxygens (including phenoxy) is 1. The Morgan fingerprint density at radius 1 is 1.38 bits per heavy atom. The Morgan fingerprint density at radius 2 is 2.00 bits per heavy atom. The van der Waals surface area contributed by atoms with Crippen molar-refractivity contribution in [2.75, 3.05) is 13.2 Å². The molecule has 0 aliphatic carbocycles. The fraction of sp³-hybridized carbons (Fsp3) is 0.353. The highest BCUT2D eigenvalue weighted by atomic mass is 19.3. The van der Waals surface area contributed by atoms with Crippen LogP contribution in [0.4, 0.5) is 17.6 Å². The van der Waals surface area contributed by atoms with E-state index in [0.717, 1.165) is 17.0 Å². The number of hydrogen-bond acceptors (Lipinski definition) is 2. The molecule has 1 aromatic carbocycles. The highest BCUT2D eigenvalue weighted by molar-refractivity contribution is 5.90. The van der Waals surface area contributed by atoms with Gasteiger partial charge in [-0.15, -0.1) is 6.42 Å².